The van der Waals surface area contributed by atoms with Crippen molar-refractivity contribution in [1.82, 2.24) is 4.98 Å². The first-order valence-corrected chi connectivity index (χ1v) is 10.5. The standard InChI is InChI=1S/C22H24N2O5S/c1-4-28-20(25)18(21(26)29-5-2)19(14-9-7-6-8-10-14)24-22-23-16-12-11-15(27-3)13-17(16)30-22/h6-13,18-19H,4-5H2,1-3H3,(H,23,24). The third-order valence-electron chi connectivity index (χ3n) is 4.45. The molecule has 7 nitrogen and oxygen atoms in total. The molecule has 0 spiro atoms. The lowest BCUT2D eigenvalue weighted by Crippen LogP contribution is -2.36. The molecule has 0 saturated heterocycles. The van der Waals surface area contributed by atoms with Gasteiger partial charge >= 0.3 is 11.9 Å². The van der Waals surface area contributed by atoms with E-state index in [1.807, 2.05) is 48.5 Å². The molecule has 1 N–H and O–H groups in total. The summed E-state index contributed by atoms with van der Waals surface area (Å²) in [5.41, 5.74) is 1.54. The van der Waals surface area contributed by atoms with Crippen molar-refractivity contribution in [1.29, 1.82) is 0 Å². The lowest BCUT2D eigenvalue weighted by molar-refractivity contribution is -0.162. The van der Waals surface area contributed by atoms with Crippen LogP contribution in [0.4, 0.5) is 5.13 Å². The summed E-state index contributed by atoms with van der Waals surface area (Å²) < 4.78 is 16.6. The fourth-order valence-corrected chi connectivity index (χ4v) is 4.01. The van der Waals surface area contributed by atoms with Crippen molar-refractivity contribution < 1.29 is 23.8 Å². The van der Waals surface area contributed by atoms with Crippen molar-refractivity contribution in [2.45, 2.75) is 19.9 Å². The number of fused-ring (bicyclic) bond motifs is 1. The lowest BCUT2D eigenvalue weighted by Gasteiger charge is -2.25. The maximum absolute atomic E-state index is 12.7. The Balaban J connectivity index is 2.01. The van der Waals surface area contributed by atoms with Crippen LogP contribution in [-0.2, 0) is 19.1 Å². The number of thiazole rings is 1. The highest BCUT2D eigenvalue weighted by Crippen LogP contribution is 2.34. The van der Waals surface area contributed by atoms with Gasteiger partial charge in [0, 0.05) is 0 Å². The highest BCUT2D eigenvalue weighted by atomic mass is 32.1. The van der Waals surface area contributed by atoms with E-state index in [0.717, 1.165) is 21.5 Å². The summed E-state index contributed by atoms with van der Waals surface area (Å²) in [7, 11) is 1.61. The number of carbonyl (C=O) groups is 2. The normalized spacial score (nSPS) is 11.9. The number of esters is 2. The molecule has 1 unspecified atom stereocenters. The molecule has 0 fully saturated rings. The van der Waals surface area contributed by atoms with Crippen molar-refractivity contribution in [2.24, 2.45) is 5.92 Å². The van der Waals surface area contributed by atoms with Crippen LogP contribution in [0.1, 0.15) is 25.5 Å². The molecule has 0 saturated carbocycles. The molecule has 3 aromatic rings. The van der Waals surface area contributed by atoms with Crippen LogP contribution in [0, 0.1) is 5.92 Å². The molecular formula is C22H24N2O5S. The molecule has 0 amide bonds. The molecule has 2 aromatic carbocycles. The average Bonchev–Trinajstić information content (AvgIpc) is 3.16. The van der Waals surface area contributed by atoms with E-state index in [4.69, 9.17) is 14.2 Å². The van der Waals surface area contributed by atoms with Crippen LogP contribution in [0.3, 0.4) is 0 Å². The summed E-state index contributed by atoms with van der Waals surface area (Å²) in [5, 5.41) is 3.84. The topological polar surface area (TPSA) is 86.8 Å². The fraction of sp³-hybridized carbons (Fsp3) is 0.318. The first-order chi connectivity index (χ1) is 14.6. The summed E-state index contributed by atoms with van der Waals surface area (Å²) in [4.78, 5) is 30.0. The number of rotatable bonds is 9. The third kappa shape index (κ3) is 4.88. The highest BCUT2D eigenvalue weighted by Gasteiger charge is 2.39. The molecule has 0 aliphatic rings. The second kappa shape index (κ2) is 10.1. The molecular weight excluding hydrogens is 404 g/mol. The predicted molar refractivity (Wildman–Crippen MR) is 116 cm³/mol. The van der Waals surface area contributed by atoms with Gasteiger partial charge in [-0.1, -0.05) is 41.7 Å². The van der Waals surface area contributed by atoms with Gasteiger partial charge in [-0.2, -0.15) is 0 Å². The number of ether oxygens (including phenoxy) is 3. The quantitative estimate of drug-likeness (QED) is 0.404. The number of carbonyl (C=O) groups excluding carboxylic acids is 2. The minimum Gasteiger partial charge on any atom is -0.497 e. The van der Waals surface area contributed by atoms with Crippen LogP contribution >= 0.6 is 11.3 Å². The van der Waals surface area contributed by atoms with Gasteiger partial charge in [0.1, 0.15) is 5.75 Å². The third-order valence-corrected chi connectivity index (χ3v) is 5.40. The van der Waals surface area contributed by atoms with Crippen LogP contribution in [0.5, 0.6) is 5.75 Å². The van der Waals surface area contributed by atoms with Gasteiger partial charge in [-0.25, -0.2) is 4.98 Å². The maximum Gasteiger partial charge on any atom is 0.322 e. The van der Waals surface area contributed by atoms with E-state index in [1.165, 1.54) is 11.3 Å². The summed E-state index contributed by atoms with van der Waals surface area (Å²) in [6, 6.07) is 14.1. The molecule has 158 valence electrons. The second-order valence-corrected chi connectivity index (χ2v) is 7.40. The molecule has 0 aliphatic heterocycles. The van der Waals surface area contributed by atoms with Gasteiger partial charge in [0.2, 0.25) is 0 Å². The van der Waals surface area contributed by atoms with Crippen molar-refractivity contribution in [3.05, 3.63) is 54.1 Å². The Kier molecular flexibility index (Phi) is 7.24. The van der Waals surface area contributed by atoms with E-state index in [0.29, 0.717) is 5.13 Å². The van der Waals surface area contributed by atoms with Crippen molar-refractivity contribution in [3.63, 3.8) is 0 Å². The molecule has 30 heavy (non-hydrogen) atoms. The zero-order valence-corrected chi connectivity index (χ0v) is 17.9. The predicted octanol–water partition coefficient (Wildman–Crippen LogP) is 4.20. The van der Waals surface area contributed by atoms with Crippen LogP contribution in [-0.4, -0.2) is 37.2 Å². The number of nitrogens with one attached hydrogen (secondary N) is 1. The summed E-state index contributed by atoms with van der Waals surface area (Å²) in [6.45, 7) is 3.73. The summed E-state index contributed by atoms with van der Waals surface area (Å²) >= 11 is 1.41. The number of benzene rings is 2. The Morgan fingerprint density at radius 1 is 1.03 bits per heavy atom. The van der Waals surface area contributed by atoms with Crippen LogP contribution < -0.4 is 10.1 Å². The first kappa shape index (κ1) is 21.6. The number of hydrogen-bond acceptors (Lipinski definition) is 8. The average molecular weight is 429 g/mol. The zero-order valence-electron chi connectivity index (χ0n) is 17.1. The van der Waals surface area contributed by atoms with Crippen LogP contribution in [0.15, 0.2) is 48.5 Å². The van der Waals surface area contributed by atoms with E-state index in [1.54, 1.807) is 21.0 Å². The largest absolute Gasteiger partial charge is 0.497 e. The Morgan fingerprint density at radius 2 is 1.70 bits per heavy atom. The Bertz CT molecular complexity index is 987. The van der Waals surface area contributed by atoms with Crippen molar-refractivity contribution in [3.8, 4) is 5.75 Å². The van der Waals surface area contributed by atoms with E-state index >= 15 is 0 Å². The fourth-order valence-electron chi connectivity index (χ4n) is 3.08. The SMILES string of the molecule is CCOC(=O)C(C(=O)OCC)C(Nc1nc2ccc(OC)cc2s1)c1ccccc1. The maximum atomic E-state index is 12.7. The number of aromatic nitrogens is 1. The molecule has 8 heteroatoms. The van der Waals surface area contributed by atoms with Gasteiger partial charge < -0.3 is 19.5 Å². The molecule has 0 radical (unpaired) electrons. The van der Waals surface area contributed by atoms with Gasteiger partial charge in [0.15, 0.2) is 11.0 Å². The smallest absolute Gasteiger partial charge is 0.322 e. The van der Waals surface area contributed by atoms with Crippen LogP contribution in [0.2, 0.25) is 0 Å². The van der Waals surface area contributed by atoms with Gasteiger partial charge in [-0.05, 0) is 37.6 Å². The van der Waals surface area contributed by atoms with E-state index in [-0.39, 0.29) is 13.2 Å². The number of methoxy groups -OCH3 is 1. The Labute approximate surface area is 179 Å². The molecule has 0 bridgehead atoms. The Morgan fingerprint density at radius 3 is 2.30 bits per heavy atom. The minimum absolute atomic E-state index is 0.164. The van der Waals surface area contributed by atoms with E-state index < -0.39 is 23.9 Å². The van der Waals surface area contributed by atoms with E-state index in [9.17, 15) is 9.59 Å². The number of hydrogen-bond donors (Lipinski definition) is 1. The summed E-state index contributed by atoms with van der Waals surface area (Å²) in [5.74, 6) is -1.72. The molecule has 1 heterocycles. The molecule has 3 rings (SSSR count). The Hall–Kier alpha value is -3.13. The summed E-state index contributed by atoms with van der Waals surface area (Å²) in [6.07, 6.45) is 0. The zero-order chi connectivity index (χ0) is 21.5. The van der Waals surface area contributed by atoms with Gasteiger partial charge in [0.05, 0.1) is 36.6 Å². The molecule has 0 aliphatic carbocycles. The number of nitrogens with zero attached hydrogens (tertiary/aromatic N) is 1. The van der Waals surface area contributed by atoms with Crippen LogP contribution in [0.25, 0.3) is 10.2 Å². The molecule has 1 atom stereocenters. The van der Waals surface area contributed by atoms with Gasteiger partial charge in [0.25, 0.3) is 0 Å². The highest BCUT2D eigenvalue weighted by molar-refractivity contribution is 7.22. The second-order valence-electron chi connectivity index (χ2n) is 6.37. The minimum atomic E-state index is -1.17. The van der Waals surface area contributed by atoms with Crippen molar-refractivity contribution >= 4 is 38.6 Å². The first-order valence-electron chi connectivity index (χ1n) is 9.66. The lowest BCUT2D eigenvalue weighted by atomic mass is 9.93. The molecule has 1 aromatic heterocycles. The van der Waals surface area contributed by atoms with E-state index in [2.05, 4.69) is 10.3 Å². The monoisotopic (exact) mass is 428 g/mol. The van der Waals surface area contributed by atoms with Gasteiger partial charge in [-0.3, -0.25) is 9.59 Å². The number of anilines is 1. The van der Waals surface area contributed by atoms with Gasteiger partial charge in [-0.15, -0.1) is 0 Å². The van der Waals surface area contributed by atoms with Crippen molar-refractivity contribution in [2.75, 3.05) is 25.6 Å².